The van der Waals surface area contributed by atoms with Gasteiger partial charge in [0.1, 0.15) is 0 Å². The standard InChI is InChI=1S/C17H16N2/c1-12(18)13-5-7-15(8-6-13)16-4-2-3-14-9-10-19-11-17(14)16/h2-12H,18H2,1H3. The second-order valence-electron chi connectivity index (χ2n) is 4.81. The molecule has 2 heteroatoms. The van der Waals surface area contributed by atoms with Gasteiger partial charge in [-0.3, -0.25) is 4.98 Å². The summed E-state index contributed by atoms with van der Waals surface area (Å²) in [4.78, 5) is 4.22. The number of pyridine rings is 1. The second kappa shape index (κ2) is 4.82. The fourth-order valence-electron chi connectivity index (χ4n) is 2.33. The van der Waals surface area contributed by atoms with Crippen LogP contribution in [0.15, 0.2) is 60.9 Å². The van der Waals surface area contributed by atoms with E-state index in [2.05, 4.69) is 47.4 Å². The summed E-state index contributed by atoms with van der Waals surface area (Å²) >= 11 is 0. The number of rotatable bonds is 2. The quantitative estimate of drug-likeness (QED) is 0.746. The number of fused-ring (bicyclic) bond motifs is 1. The van der Waals surface area contributed by atoms with Gasteiger partial charge in [0.15, 0.2) is 0 Å². The normalized spacial score (nSPS) is 12.5. The molecule has 0 aliphatic rings. The van der Waals surface area contributed by atoms with Gasteiger partial charge in [0.2, 0.25) is 0 Å². The molecule has 0 saturated heterocycles. The first-order valence-corrected chi connectivity index (χ1v) is 6.44. The third-order valence-electron chi connectivity index (χ3n) is 3.43. The summed E-state index contributed by atoms with van der Waals surface area (Å²) in [6.07, 6.45) is 3.75. The van der Waals surface area contributed by atoms with Gasteiger partial charge in [-0.1, -0.05) is 42.5 Å². The highest BCUT2D eigenvalue weighted by Gasteiger charge is 2.04. The lowest BCUT2D eigenvalue weighted by atomic mass is 9.98. The largest absolute Gasteiger partial charge is 0.324 e. The Balaban J connectivity index is 2.14. The fraction of sp³-hybridized carbons (Fsp3) is 0.118. The Bertz CT molecular complexity index is 695. The molecule has 2 N–H and O–H groups in total. The Kier molecular flexibility index (Phi) is 3.02. The molecule has 3 rings (SSSR count). The van der Waals surface area contributed by atoms with Crippen LogP contribution in [-0.2, 0) is 0 Å². The van der Waals surface area contributed by atoms with Crippen molar-refractivity contribution >= 4 is 10.8 Å². The third-order valence-corrected chi connectivity index (χ3v) is 3.43. The molecule has 19 heavy (non-hydrogen) atoms. The summed E-state index contributed by atoms with van der Waals surface area (Å²) in [5.41, 5.74) is 9.44. The molecule has 3 aromatic rings. The van der Waals surface area contributed by atoms with Crippen molar-refractivity contribution in [1.29, 1.82) is 0 Å². The molecule has 0 saturated carbocycles. The van der Waals surface area contributed by atoms with Crippen LogP contribution in [0.5, 0.6) is 0 Å². The lowest BCUT2D eigenvalue weighted by Gasteiger charge is -2.09. The fourth-order valence-corrected chi connectivity index (χ4v) is 2.33. The van der Waals surface area contributed by atoms with Crippen LogP contribution in [-0.4, -0.2) is 4.98 Å². The molecule has 1 aromatic heterocycles. The molecule has 0 spiro atoms. The maximum absolute atomic E-state index is 5.88. The zero-order valence-corrected chi connectivity index (χ0v) is 10.9. The summed E-state index contributed by atoms with van der Waals surface area (Å²) in [7, 11) is 0. The van der Waals surface area contributed by atoms with E-state index in [9.17, 15) is 0 Å². The van der Waals surface area contributed by atoms with Gasteiger partial charge in [-0.15, -0.1) is 0 Å². The molecule has 0 radical (unpaired) electrons. The van der Waals surface area contributed by atoms with Gasteiger partial charge in [-0.05, 0) is 35.1 Å². The highest BCUT2D eigenvalue weighted by atomic mass is 14.6. The number of hydrogen-bond acceptors (Lipinski definition) is 2. The molecule has 1 unspecified atom stereocenters. The van der Waals surface area contributed by atoms with Crippen LogP contribution in [0.2, 0.25) is 0 Å². The molecule has 0 aliphatic heterocycles. The van der Waals surface area contributed by atoms with Crippen molar-refractivity contribution in [3.05, 3.63) is 66.5 Å². The van der Waals surface area contributed by atoms with E-state index in [1.165, 1.54) is 21.9 Å². The maximum atomic E-state index is 5.88. The van der Waals surface area contributed by atoms with Crippen molar-refractivity contribution in [2.75, 3.05) is 0 Å². The minimum Gasteiger partial charge on any atom is -0.324 e. The molecule has 0 aliphatic carbocycles. The average Bonchev–Trinajstić information content (AvgIpc) is 2.47. The summed E-state index contributed by atoms with van der Waals surface area (Å²) in [5.74, 6) is 0. The molecule has 0 amide bonds. The molecule has 1 heterocycles. The predicted molar refractivity (Wildman–Crippen MR) is 79.8 cm³/mol. The summed E-state index contributed by atoms with van der Waals surface area (Å²) in [6, 6.07) is 16.9. The molecule has 0 bridgehead atoms. The van der Waals surface area contributed by atoms with Crippen molar-refractivity contribution < 1.29 is 0 Å². The van der Waals surface area contributed by atoms with Crippen LogP contribution in [0, 0.1) is 0 Å². The van der Waals surface area contributed by atoms with Crippen molar-refractivity contribution in [2.45, 2.75) is 13.0 Å². The number of hydrogen-bond donors (Lipinski definition) is 1. The van der Waals surface area contributed by atoms with Gasteiger partial charge in [0.05, 0.1) is 0 Å². The van der Waals surface area contributed by atoms with Crippen LogP contribution in [0.25, 0.3) is 21.9 Å². The Morgan fingerprint density at radius 3 is 2.53 bits per heavy atom. The zero-order chi connectivity index (χ0) is 13.2. The maximum Gasteiger partial charge on any atom is 0.0352 e. The van der Waals surface area contributed by atoms with Gasteiger partial charge in [0, 0.05) is 23.8 Å². The number of benzene rings is 2. The van der Waals surface area contributed by atoms with E-state index in [0.29, 0.717) is 0 Å². The number of nitrogens with two attached hydrogens (primary N) is 1. The highest BCUT2D eigenvalue weighted by Crippen LogP contribution is 2.28. The topological polar surface area (TPSA) is 38.9 Å². The molecule has 94 valence electrons. The lowest BCUT2D eigenvalue weighted by Crippen LogP contribution is -2.04. The molecule has 2 aromatic carbocycles. The van der Waals surface area contributed by atoms with Gasteiger partial charge >= 0.3 is 0 Å². The van der Waals surface area contributed by atoms with Crippen molar-refractivity contribution in [3.8, 4) is 11.1 Å². The first kappa shape index (κ1) is 11.9. The SMILES string of the molecule is CC(N)c1ccc(-c2cccc3ccncc23)cc1. The lowest BCUT2D eigenvalue weighted by molar-refractivity contribution is 0.818. The molecular weight excluding hydrogens is 232 g/mol. The minimum atomic E-state index is 0.0724. The van der Waals surface area contributed by atoms with Gasteiger partial charge in [0.25, 0.3) is 0 Å². The predicted octanol–water partition coefficient (Wildman–Crippen LogP) is 3.92. The van der Waals surface area contributed by atoms with Gasteiger partial charge in [-0.2, -0.15) is 0 Å². The number of nitrogens with zero attached hydrogens (tertiary/aromatic N) is 1. The van der Waals surface area contributed by atoms with Gasteiger partial charge < -0.3 is 5.73 Å². The van der Waals surface area contributed by atoms with Crippen LogP contribution >= 0.6 is 0 Å². The molecule has 1 atom stereocenters. The first-order valence-electron chi connectivity index (χ1n) is 6.44. The smallest absolute Gasteiger partial charge is 0.0352 e. The average molecular weight is 248 g/mol. The van der Waals surface area contributed by atoms with E-state index in [4.69, 9.17) is 5.73 Å². The van der Waals surface area contributed by atoms with E-state index < -0.39 is 0 Å². The Morgan fingerprint density at radius 2 is 1.79 bits per heavy atom. The van der Waals surface area contributed by atoms with Gasteiger partial charge in [-0.25, -0.2) is 0 Å². The first-order chi connectivity index (χ1) is 9.25. The van der Waals surface area contributed by atoms with E-state index in [0.717, 1.165) is 5.56 Å². The zero-order valence-electron chi connectivity index (χ0n) is 10.9. The van der Waals surface area contributed by atoms with E-state index in [-0.39, 0.29) is 6.04 Å². The van der Waals surface area contributed by atoms with Crippen LogP contribution < -0.4 is 5.73 Å². The number of aromatic nitrogens is 1. The Hall–Kier alpha value is -2.19. The van der Waals surface area contributed by atoms with E-state index in [1.54, 1.807) is 0 Å². The van der Waals surface area contributed by atoms with Crippen molar-refractivity contribution in [1.82, 2.24) is 4.98 Å². The van der Waals surface area contributed by atoms with E-state index in [1.807, 2.05) is 25.4 Å². The minimum absolute atomic E-state index is 0.0724. The summed E-state index contributed by atoms with van der Waals surface area (Å²) < 4.78 is 0. The second-order valence-corrected chi connectivity index (χ2v) is 4.81. The van der Waals surface area contributed by atoms with Crippen molar-refractivity contribution in [2.24, 2.45) is 5.73 Å². The van der Waals surface area contributed by atoms with Crippen LogP contribution in [0.3, 0.4) is 0 Å². The monoisotopic (exact) mass is 248 g/mol. The van der Waals surface area contributed by atoms with Crippen LogP contribution in [0.1, 0.15) is 18.5 Å². The molecule has 2 nitrogen and oxygen atoms in total. The molecule has 0 fully saturated rings. The molecular formula is C17H16N2. The Morgan fingerprint density at radius 1 is 1.00 bits per heavy atom. The summed E-state index contributed by atoms with van der Waals surface area (Å²) in [6.45, 7) is 2.00. The Labute approximate surface area is 112 Å². The van der Waals surface area contributed by atoms with E-state index >= 15 is 0 Å². The van der Waals surface area contributed by atoms with Crippen molar-refractivity contribution in [3.63, 3.8) is 0 Å². The highest BCUT2D eigenvalue weighted by molar-refractivity contribution is 5.95. The third kappa shape index (κ3) is 2.23. The summed E-state index contributed by atoms with van der Waals surface area (Å²) in [5, 5.41) is 2.39. The van der Waals surface area contributed by atoms with Crippen LogP contribution in [0.4, 0.5) is 0 Å².